The van der Waals surface area contributed by atoms with Crippen molar-refractivity contribution in [2.24, 2.45) is 0 Å². The molecule has 2 aliphatic rings. The molecular weight excluding hydrogens is 467 g/mol. The molecule has 0 heterocycles. The van der Waals surface area contributed by atoms with Gasteiger partial charge in [0.05, 0.1) is 0 Å². The third kappa shape index (κ3) is 5.42. The van der Waals surface area contributed by atoms with Gasteiger partial charge in [-0.3, -0.25) is 9.41 Å². The van der Waals surface area contributed by atoms with E-state index in [0.29, 0.717) is 0 Å². The van der Waals surface area contributed by atoms with Crippen LogP contribution in [0, 0.1) is 0 Å². The molecule has 0 aromatic heterocycles. The number of hydrogen-bond donors (Lipinski definition) is 0. The summed E-state index contributed by atoms with van der Waals surface area (Å²) in [6.07, 6.45) is 12.4. The van der Waals surface area contributed by atoms with E-state index in [-0.39, 0.29) is 9.41 Å². The normalized spacial score (nSPS) is 18.0. The van der Waals surface area contributed by atoms with Crippen LogP contribution in [0.4, 0.5) is 9.41 Å². The van der Waals surface area contributed by atoms with Crippen LogP contribution in [-0.4, -0.2) is 26.5 Å². The molecule has 0 unspecified atom stereocenters. The number of halogens is 2. The van der Waals surface area contributed by atoms with Crippen LogP contribution in [0.25, 0.3) is 0 Å². The second kappa shape index (κ2) is 8.06. The minimum absolute atomic E-state index is 0. The monoisotopic (exact) mass is 496 g/mol. The Kier molecular flexibility index (Phi) is 8.36. The molecule has 2 rings (SSSR count). The molecule has 21 heavy (non-hydrogen) atoms. The summed E-state index contributed by atoms with van der Waals surface area (Å²) < 4.78 is 7.51. The van der Waals surface area contributed by atoms with Crippen molar-refractivity contribution in [1.82, 2.24) is 0 Å². The zero-order valence-electron chi connectivity index (χ0n) is 14.0. The third-order valence-electron chi connectivity index (χ3n) is 3.78. The van der Waals surface area contributed by atoms with Gasteiger partial charge in [0.2, 0.25) is 0 Å². The summed E-state index contributed by atoms with van der Waals surface area (Å²) in [4.78, 5) is 0. The van der Waals surface area contributed by atoms with Crippen LogP contribution in [0.5, 0.6) is 0 Å². The Labute approximate surface area is 145 Å². The van der Waals surface area contributed by atoms with Crippen LogP contribution in [0.1, 0.15) is 12.8 Å². The molecule has 0 radical (unpaired) electrons. The van der Waals surface area contributed by atoms with Crippen molar-refractivity contribution in [2.75, 3.05) is 0 Å². The minimum atomic E-state index is -1.63. The first-order chi connectivity index (χ1) is 8.69. The number of hydrogen-bond acceptors (Lipinski definition) is 0. The Morgan fingerprint density at radius 2 is 1.05 bits per heavy atom. The SMILES string of the molecule is F.F.[CH3][Ge]([CH3])([CH3])[C]1=[C]([Zr][C]2=[C]([Ge]([CH3])([CH3])[CH3])C=CC2)CC=C1. The fraction of sp³-hybridized carbons (Fsp3) is 0.500. The molecule has 2 aliphatic carbocycles. The Morgan fingerprint density at radius 3 is 1.33 bits per heavy atom. The molecule has 0 aromatic carbocycles. The molecule has 0 fully saturated rings. The Morgan fingerprint density at radius 1 is 0.714 bits per heavy atom. The van der Waals surface area contributed by atoms with Crippen molar-refractivity contribution < 1.29 is 32.6 Å². The summed E-state index contributed by atoms with van der Waals surface area (Å²) in [5.41, 5.74) is 0. The molecule has 5 heteroatoms. The first-order valence-electron chi connectivity index (χ1n) is 7.27. The van der Waals surface area contributed by atoms with E-state index in [0.717, 1.165) is 0 Å². The maximum absolute atomic E-state index is 2.55. The van der Waals surface area contributed by atoms with Gasteiger partial charge in [-0.1, -0.05) is 0 Å². The summed E-state index contributed by atoms with van der Waals surface area (Å²) in [5.74, 6) is 15.3. The molecule has 0 aromatic rings. The zero-order valence-corrected chi connectivity index (χ0v) is 20.7. The number of allylic oxidation sites excluding steroid dienone is 8. The van der Waals surface area contributed by atoms with E-state index in [1.807, 2.05) is 15.4 Å². The van der Waals surface area contributed by atoms with E-state index in [9.17, 15) is 0 Å². The van der Waals surface area contributed by atoms with Crippen LogP contribution >= 0.6 is 0 Å². The van der Waals surface area contributed by atoms with Gasteiger partial charge < -0.3 is 0 Å². The van der Waals surface area contributed by atoms with E-state index in [4.69, 9.17) is 0 Å². The fourth-order valence-corrected chi connectivity index (χ4v) is 23.8. The topological polar surface area (TPSA) is 0 Å². The van der Waals surface area contributed by atoms with Crippen molar-refractivity contribution >= 4 is 26.5 Å². The van der Waals surface area contributed by atoms with E-state index >= 15 is 0 Å². The Balaban J connectivity index is 0.00000200. The number of rotatable bonds is 4. The van der Waals surface area contributed by atoms with Gasteiger partial charge >= 0.3 is 137 Å². The predicted octanol–water partition coefficient (Wildman–Crippen LogP) is 5.56. The maximum atomic E-state index is 2.55. The molecule has 0 aliphatic heterocycles. The van der Waals surface area contributed by atoms with Crippen molar-refractivity contribution in [3.63, 3.8) is 0 Å². The van der Waals surface area contributed by atoms with E-state index < -0.39 is 49.8 Å². The van der Waals surface area contributed by atoms with Crippen LogP contribution in [-0.2, 0) is 23.2 Å². The van der Waals surface area contributed by atoms with Gasteiger partial charge in [-0.25, -0.2) is 0 Å². The van der Waals surface area contributed by atoms with Crippen molar-refractivity contribution in [3.8, 4) is 0 Å². The van der Waals surface area contributed by atoms with Crippen LogP contribution in [0.2, 0.25) is 34.5 Å². The molecule has 0 spiro atoms. The standard InChI is InChI=1S/2C8H13Ge.2FH.Zr/c2*1-9(2,3)8-6-4-5-7-8;;;/h2*4,6H,5H2,1-3H3;2*1H;. The second-order valence-corrected chi connectivity index (χ2v) is 32.3. The van der Waals surface area contributed by atoms with Gasteiger partial charge in [0.15, 0.2) is 0 Å². The summed E-state index contributed by atoms with van der Waals surface area (Å²) in [6.45, 7) is 0. The Hall–Kier alpha value is 0.789. The summed E-state index contributed by atoms with van der Waals surface area (Å²) in [7, 11) is 0. The molecule has 0 saturated carbocycles. The fourth-order valence-electron chi connectivity index (χ4n) is 2.83. The first-order valence-corrected chi connectivity index (χ1v) is 24.4. The predicted molar refractivity (Wildman–Crippen MR) is 93.3 cm³/mol. The van der Waals surface area contributed by atoms with Gasteiger partial charge in [0.25, 0.3) is 0 Å². The van der Waals surface area contributed by atoms with Crippen LogP contribution < -0.4 is 0 Å². The van der Waals surface area contributed by atoms with Crippen molar-refractivity contribution in [1.29, 1.82) is 0 Å². The van der Waals surface area contributed by atoms with Gasteiger partial charge in [-0.15, -0.1) is 0 Å². The zero-order chi connectivity index (χ0) is 14.3. The molecule has 0 N–H and O–H groups in total. The van der Waals surface area contributed by atoms with Gasteiger partial charge in [-0.2, -0.15) is 0 Å². The summed E-state index contributed by atoms with van der Waals surface area (Å²) in [6, 6.07) is 0. The second-order valence-electron chi connectivity index (χ2n) is 7.62. The average molecular weight is 495 g/mol. The van der Waals surface area contributed by atoms with Gasteiger partial charge in [0.1, 0.15) is 0 Å². The van der Waals surface area contributed by atoms with Crippen LogP contribution in [0.15, 0.2) is 39.7 Å². The molecule has 0 amide bonds. The quantitative estimate of drug-likeness (QED) is 0.449. The summed E-state index contributed by atoms with van der Waals surface area (Å²) in [5, 5.41) is 0. The molecule has 0 nitrogen and oxygen atoms in total. The van der Waals surface area contributed by atoms with Gasteiger partial charge in [-0.05, 0) is 0 Å². The van der Waals surface area contributed by atoms with Crippen molar-refractivity contribution in [2.45, 2.75) is 47.4 Å². The molecule has 0 bridgehead atoms. The first kappa shape index (κ1) is 21.8. The third-order valence-corrected chi connectivity index (χ3v) is 18.9. The molecule has 118 valence electrons. The van der Waals surface area contributed by atoms with Gasteiger partial charge in [0, 0.05) is 0 Å². The average Bonchev–Trinajstić information content (AvgIpc) is 2.83. The molecule has 0 saturated heterocycles. The van der Waals surface area contributed by atoms with Crippen molar-refractivity contribution in [3.05, 3.63) is 39.7 Å². The molecular formula is C16H28F2Ge2Zr. The van der Waals surface area contributed by atoms with E-state index in [2.05, 4.69) is 58.8 Å². The summed E-state index contributed by atoms with van der Waals surface area (Å²) >= 11 is -3.74. The molecule has 0 atom stereocenters. The van der Waals surface area contributed by atoms with E-state index in [1.165, 1.54) is 12.8 Å². The Bertz CT molecular complexity index is 457. The van der Waals surface area contributed by atoms with Crippen LogP contribution in [0.3, 0.4) is 0 Å². The van der Waals surface area contributed by atoms with E-state index in [1.54, 1.807) is 0 Å².